The number of rotatable bonds is 8. The standard InChI is InChI=1S/C31H40F3N3O4S/c1-35(20-23-13-18-36(19-14-23)22-30(15-3-16-30)42(40,41)31(32,33)34)27-11-9-25(10-12-27)24-5-7-26(8-6-24)29(39)37-17-2-4-28(38)21-37/h5-12,23,28,38H,2-4,13-22H2,1H3/t28-/m1/s1. The van der Waals surface area contributed by atoms with Crippen LogP contribution in [-0.4, -0.2) is 91.9 Å². The van der Waals surface area contributed by atoms with Crippen LogP contribution in [0.1, 0.15) is 55.3 Å². The molecule has 0 radical (unpaired) electrons. The molecule has 42 heavy (non-hydrogen) atoms. The number of nitrogens with zero attached hydrogens (tertiary/aromatic N) is 3. The Morgan fingerprint density at radius 1 is 0.952 bits per heavy atom. The SMILES string of the molecule is CN(CC1CCN(CC2(S(=O)(=O)C(F)(F)F)CCC2)CC1)c1ccc(-c2ccc(C(=O)N3CCC[C@@H](O)C3)cc2)cc1. The first-order valence-corrected chi connectivity index (χ1v) is 16.3. The molecule has 2 saturated heterocycles. The first-order valence-electron chi connectivity index (χ1n) is 14.8. The van der Waals surface area contributed by atoms with Gasteiger partial charge in [0, 0.05) is 44.5 Å². The van der Waals surface area contributed by atoms with Crippen LogP contribution in [0.15, 0.2) is 48.5 Å². The summed E-state index contributed by atoms with van der Waals surface area (Å²) in [5.41, 5.74) is -1.50. The molecule has 1 atom stereocenters. The normalized spacial score (nSPS) is 22.0. The Hall–Kier alpha value is -2.63. The van der Waals surface area contributed by atoms with Gasteiger partial charge in [-0.2, -0.15) is 13.2 Å². The number of aliphatic hydroxyl groups is 1. The Kier molecular flexibility index (Phi) is 8.93. The largest absolute Gasteiger partial charge is 0.497 e. The van der Waals surface area contributed by atoms with E-state index in [1.54, 1.807) is 4.90 Å². The van der Waals surface area contributed by atoms with Gasteiger partial charge in [-0.15, -0.1) is 0 Å². The van der Waals surface area contributed by atoms with Crippen molar-refractivity contribution in [3.8, 4) is 11.1 Å². The maximum Gasteiger partial charge on any atom is 0.497 e. The molecule has 1 N–H and O–H groups in total. The number of amides is 1. The minimum Gasteiger partial charge on any atom is -0.391 e. The number of hydrogen-bond acceptors (Lipinski definition) is 6. The van der Waals surface area contributed by atoms with E-state index in [1.165, 1.54) is 0 Å². The molecule has 0 bridgehead atoms. The van der Waals surface area contributed by atoms with E-state index in [1.807, 2.05) is 48.3 Å². The van der Waals surface area contributed by atoms with Gasteiger partial charge >= 0.3 is 5.51 Å². The van der Waals surface area contributed by atoms with Crippen LogP contribution in [0.25, 0.3) is 11.1 Å². The second kappa shape index (κ2) is 12.2. The predicted molar refractivity (Wildman–Crippen MR) is 157 cm³/mol. The highest BCUT2D eigenvalue weighted by Crippen LogP contribution is 2.47. The molecular formula is C31H40F3N3O4S. The van der Waals surface area contributed by atoms with Gasteiger partial charge in [0.1, 0.15) is 0 Å². The molecule has 7 nitrogen and oxygen atoms in total. The van der Waals surface area contributed by atoms with Crippen LogP contribution in [0.4, 0.5) is 18.9 Å². The zero-order chi connectivity index (χ0) is 30.1. The summed E-state index contributed by atoms with van der Waals surface area (Å²) in [5, 5.41) is 9.88. The second-order valence-corrected chi connectivity index (χ2v) is 14.6. The monoisotopic (exact) mass is 607 g/mol. The zero-order valence-corrected chi connectivity index (χ0v) is 24.8. The van der Waals surface area contributed by atoms with Crippen LogP contribution in [0, 0.1) is 5.92 Å². The molecule has 2 aliphatic heterocycles. The molecular weight excluding hydrogens is 567 g/mol. The molecule has 0 unspecified atom stereocenters. The summed E-state index contributed by atoms with van der Waals surface area (Å²) < 4.78 is 62.6. The zero-order valence-electron chi connectivity index (χ0n) is 24.0. The number of anilines is 1. The van der Waals surface area contributed by atoms with Gasteiger partial charge in [-0.25, -0.2) is 8.42 Å². The highest BCUT2D eigenvalue weighted by atomic mass is 32.2. The van der Waals surface area contributed by atoms with E-state index in [2.05, 4.69) is 17.0 Å². The van der Waals surface area contributed by atoms with E-state index < -0.39 is 26.2 Å². The summed E-state index contributed by atoms with van der Waals surface area (Å²) in [6, 6.07) is 15.7. The summed E-state index contributed by atoms with van der Waals surface area (Å²) in [4.78, 5) is 18.6. The third-order valence-electron chi connectivity index (χ3n) is 9.35. The highest BCUT2D eigenvalue weighted by Gasteiger charge is 2.62. The number of aliphatic hydroxyl groups excluding tert-OH is 1. The average Bonchev–Trinajstić information content (AvgIpc) is 2.95. The molecule has 230 valence electrons. The minimum atomic E-state index is -5.20. The molecule has 1 amide bonds. The molecule has 3 fully saturated rings. The number of carbonyl (C=O) groups excluding carboxylic acids is 1. The maximum atomic E-state index is 13.3. The highest BCUT2D eigenvalue weighted by molar-refractivity contribution is 7.93. The van der Waals surface area contributed by atoms with Crippen LogP contribution in [0.3, 0.4) is 0 Å². The lowest BCUT2D eigenvalue weighted by Crippen LogP contribution is -2.58. The van der Waals surface area contributed by atoms with E-state index in [4.69, 9.17) is 0 Å². The van der Waals surface area contributed by atoms with Gasteiger partial charge in [0.15, 0.2) is 0 Å². The van der Waals surface area contributed by atoms with Crippen molar-refractivity contribution in [1.29, 1.82) is 0 Å². The second-order valence-electron chi connectivity index (χ2n) is 12.3. The summed E-state index contributed by atoms with van der Waals surface area (Å²) in [6.07, 6.45) is 3.39. The number of β-amino-alcohol motifs (C(OH)–C–C–N with tert-alkyl or cyclic N) is 1. The van der Waals surface area contributed by atoms with E-state index >= 15 is 0 Å². The van der Waals surface area contributed by atoms with Crippen LogP contribution in [-0.2, 0) is 9.84 Å². The Balaban J connectivity index is 1.12. The average molecular weight is 608 g/mol. The minimum absolute atomic E-state index is 0.0324. The van der Waals surface area contributed by atoms with Crippen LogP contribution in [0.5, 0.6) is 0 Å². The number of hydrogen-bond donors (Lipinski definition) is 1. The van der Waals surface area contributed by atoms with E-state index in [-0.39, 0.29) is 25.3 Å². The van der Waals surface area contributed by atoms with Crippen molar-refractivity contribution in [3.63, 3.8) is 0 Å². The summed E-state index contributed by atoms with van der Waals surface area (Å²) >= 11 is 0. The number of carbonyl (C=O) groups is 1. The lowest BCUT2D eigenvalue weighted by atomic mass is 9.83. The van der Waals surface area contributed by atoms with Gasteiger partial charge in [-0.05, 0) is 92.9 Å². The summed E-state index contributed by atoms with van der Waals surface area (Å²) in [5.74, 6) is 0.311. The molecule has 0 spiro atoms. The van der Waals surface area contributed by atoms with Gasteiger partial charge in [0.05, 0.1) is 10.9 Å². The lowest BCUT2D eigenvalue weighted by molar-refractivity contribution is -0.0483. The number of alkyl halides is 3. The maximum absolute atomic E-state index is 13.3. The van der Waals surface area contributed by atoms with Crippen molar-refractivity contribution < 1.29 is 31.5 Å². The van der Waals surface area contributed by atoms with E-state index in [0.29, 0.717) is 44.1 Å². The van der Waals surface area contributed by atoms with Crippen LogP contribution < -0.4 is 4.90 Å². The number of sulfone groups is 1. The van der Waals surface area contributed by atoms with Crippen LogP contribution in [0.2, 0.25) is 0 Å². The molecule has 1 saturated carbocycles. The first kappa shape index (κ1) is 30.8. The molecule has 5 rings (SSSR count). The van der Waals surface area contributed by atoms with E-state index in [9.17, 15) is 31.5 Å². The molecule has 2 aromatic carbocycles. The molecule has 11 heteroatoms. The van der Waals surface area contributed by atoms with Crippen molar-refractivity contribution in [1.82, 2.24) is 9.80 Å². The fraction of sp³-hybridized carbons (Fsp3) is 0.581. The lowest BCUT2D eigenvalue weighted by Gasteiger charge is -2.45. The predicted octanol–water partition coefficient (Wildman–Crippen LogP) is 4.96. The Labute approximate surface area is 246 Å². The fourth-order valence-corrected chi connectivity index (χ4v) is 8.26. The number of benzene rings is 2. The van der Waals surface area contributed by atoms with Gasteiger partial charge in [0.25, 0.3) is 15.7 Å². The smallest absolute Gasteiger partial charge is 0.391 e. The molecule has 0 aromatic heterocycles. The molecule has 2 heterocycles. The first-order chi connectivity index (χ1) is 19.9. The van der Waals surface area contributed by atoms with Gasteiger partial charge in [-0.1, -0.05) is 30.7 Å². The third-order valence-corrected chi connectivity index (χ3v) is 11.6. The third kappa shape index (κ3) is 6.33. The van der Waals surface area contributed by atoms with Crippen molar-refractivity contribution in [2.24, 2.45) is 5.92 Å². The van der Waals surface area contributed by atoms with E-state index in [0.717, 1.165) is 49.0 Å². The molecule has 3 aliphatic rings. The molecule has 2 aromatic rings. The van der Waals surface area contributed by atoms with Crippen molar-refractivity contribution in [2.45, 2.75) is 61.3 Å². The van der Waals surface area contributed by atoms with Gasteiger partial charge in [-0.3, -0.25) is 4.79 Å². The van der Waals surface area contributed by atoms with Crippen LogP contribution >= 0.6 is 0 Å². The number of halogens is 3. The Morgan fingerprint density at radius 2 is 1.55 bits per heavy atom. The van der Waals surface area contributed by atoms with Gasteiger partial charge in [0.2, 0.25) is 0 Å². The Morgan fingerprint density at radius 3 is 2.07 bits per heavy atom. The number of piperidine rings is 2. The topological polar surface area (TPSA) is 81.2 Å². The van der Waals surface area contributed by atoms with Crippen molar-refractivity contribution in [2.75, 3.05) is 51.2 Å². The summed E-state index contributed by atoms with van der Waals surface area (Å²) in [6.45, 7) is 3.02. The molecule has 1 aliphatic carbocycles. The fourth-order valence-electron chi connectivity index (χ4n) is 6.59. The Bertz CT molecular complexity index is 1340. The number of likely N-dealkylation sites (tertiary alicyclic amines) is 2. The van der Waals surface area contributed by atoms with Crippen molar-refractivity contribution >= 4 is 21.4 Å². The summed E-state index contributed by atoms with van der Waals surface area (Å²) in [7, 11) is -3.15. The van der Waals surface area contributed by atoms with Crippen molar-refractivity contribution in [3.05, 3.63) is 54.1 Å². The van der Waals surface area contributed by atoms with Gasteiger partial charge < -0.3 is 19.8 Å². The quantitative estimate of drug-likeness (QED) is 0.457.